The molecule has 1 N–H and O–H groups in total. The highest BCUT2D eigenvalue weighted by atomic mass is 16.6. The third-order valence-electron chi connectivity index (χ3n) is 4.99. The largest absolute Gasteiger partial charge is 0.444 e. The normalized spacial score (nSPS) is 16.4. The summed E-state index contributed by atoms with van der Waals surface area (Å²) in [6.07, 6.45) is 5.41. The number of aromatic nitrogens is 1. The zero-order valence-electron chi connectivity index (χ0n) is 18.6. The van der Waals surface area contributed by atoms with Gasteiger partial charge in [0.05, 0.1) is 0 Å². The summed E-state index contributed by atoms with van der Waals surface area (Å²) >= 11 is 0. The first-order chi connectivity index (χ1) is 13.5. The number of carbonyl (C=O) groups is 1. The topological polar surface area (TPSA) is 64.8 Å². The van der Waals surface area contributed by atoms with Crippen LogP contribution in [0.25, 0.3) is 0 Å². The van der Waals surface area contributed by atoms with Crippen LogP contribution in [-0.2, 0) is 4.74 Å². The zero-order valence-corrected chi connectivity index (χ0v) is 18.6. The van der Waals surface area contributed by atoms with Crippen molar-refractivity contribution in [2.75, 3.05) is 33.2 Å². The van der Waals surface area contributed by atoms with Gasteiger partial charge in [-0.3, -0.25) is 5.41 Å². The molecule has 1 aliphatic rings. The predicted molar refractivity (Wildman–Crippen MR) is 115 cm³/mol. The standard InChI is InChI=1S/C22H35N5O2/c1-8-9-20(24(7)18(3)27-11-10-17(2)16-19(27)23)25-12-14-26(15-13-25)21(28)29-22(4,5)6/h8-11,16,18,23H,1,12-15H2,2-7H3/b20-9+,23-19?. The molecule has 0 radical (unpaired) electrons. The molecule has 2 rings (SSSR count). The molecule has 1 fully saturated rings. The lowest BCUT2D eigenvalue weighted by molar-refractivity contribution is 0.0137. The second-order valence-electron chi connectivity index (χ2n) is 8.45. The van der Waals surface area contributed by atoms with Gasteiger partial charge >= 0.3 is 6.09 Å². The molecule has 160 valence electrons. The van der Waals surface area contributed by atoms with Crippen LogP contribution in [0.1, 0.15) is 39.4 Å². The number of nitrogens with zero attached hydrogens (tertiary/aromatic N) is 4. The number of hydrogen-bond donors (Lipinski definition) is 1. The highest BCUT2D eigenvalue weighted by Gasteiger charge is 2.28. The van der Waals surface area contributed by atoms with Crippen LogP contribution in [0.5, 0.6) is 0 Å². The maximum Gasteiger partial charge on any atom is 0.410 e. The second kappa shape index (κ2) is 9.20. The zero-order chi connectivity index (χ0) is 21.8. The molecule has 1 unspecified atom stereocenters. The Hall–Kier alpha value is -2.70. The van der Waals surface area contributed by atoms with Crippen LogP contribution in [0, 0.1) is 12.3 Å². The Kier molecular flexibility index (Phi) is 7.16. The first-order valence-electron chi connectivity index (χ1n) is 10.1. The molecule has 1 aliphatic heterocycles. The Labute approximate surface area is 174 Å². The third-order valence-corrected chi connectivity index (χ3v) is 4.99. The number of aryl methyl sites for hydroxylation is 1. The monoisotopic (exact) mass is 401 g/mol. The molecular weight excluding hydrogens is 366 g/mol. The second-order valence-corrected chi connectivity index (χ2v) is 8.45. The van der Waals surface area contributed by atoms with E-state index in [4.69, 9.17) is 10.1 Å². The minimum Gasteiger partial charge on any atom is -0.444 e. The minimum absolute atomic E-state index is 0.0433. The van der Waals surface area contributed by atoms with Gasteiger partial charge in [0.15, 0.2) is 0 Å². The van der Waals surface area contributed by atoms with Crippen LogP contribution < -0.4 is 5.49 Å². The molecule has 1 saturated heterocycles. The lowest BCUT2D eigenvalue weighted by atomic mass is 10.2. The average Bonchev–Trinajstić information content (AvgIpc) is 2.64. The number of amides is 1. The Bertz CT molecular complexity index is 813. The summed E-state index contributed by atoms with van der Waals surface area (Å²) < 4.78 is 7.42. The van der Waals surface area contributed by atoms with Crippen molar-refractivity contribution in [3.05, 3.63) is 53.9 Å². The number of pyridine rings is 1. The van der Waals surface area contributed by atoms with E-state index in [1.165, 1.54) is 0 Å². The summed E-state index contributed by atoms with van der Waals surface area (Å²) in [4.78, 5) is 18.5. The molecule has 0 spiro atoms. The summed E-state index contributed by atoms with van der Waals surface area (Å²) in [5.74, 6) is 1.02. The van der Waals surface area contributed by atoms with E-state index in [-0.39, 0.29) is 12.3 Å². The quantitative estimate of drug-likeness (QED) is 0.769. The van der Waals surface area contributed by atoms with Gasteiger partial charge in [0, 0.05) is 39.4 Å². The SMILES string of the molecule is C=C/C=C(/N1CCN(C(=O)OC(C)(C)C)CC1)N(C)C(C)n1ccc(C)cc1=N. The van der Waals surface area contributed by atoms with E-state index in [0.717, 1.165) is 11.4 Å². The number of nitrogens with one attached hydrogen (secondary N) is 1. The lowest BCUT2D eigenvalue weighted by Crippen LogP contribution is -2.51. The summed E-state index contributed by atoms with van der Waals surface area (Å²) in [7, 11) is 2.02. The molecule has 0 bridgehead atoms. The van der Waals surface area contributed by atoms with E-state index in [1.54, 1.807) is 11.0 Å². The number of hydrogen-bond acceptors (Lipinski definition) is 5. The van der Waals surface area contributed by atoms with Gasteiger partial charge in [-0.05, 0) is 58.4 Å². The molecule has 0 saturated carbocycles. The first-order valence-corrected chi connectivity index (χ1v) is 10.1. The van der Waals surface area contributed by atoms with Crippen molar-refractivity contribution >= 4 is 6.09 Å². The van der Waals surface area contributed by atoms with Crippen LogP contribution in [0.3, 0.4) is 0 Å². The molecule has 1 amide bonds. The highest BCUT2D eigenvalue weighted by Crippen LogP contribution is 2.21. The van der Waals surface area contributed by atoms with Crippen LogP contribution in [0.4, 0.5) is 4.79 Å². The van der Waals surface area contributed by atoms with Gasteiger partial charge < -0.3 is 24.0 Å². The molecule has 7 nitrogen and oxygen atoms in total. The van der Waals surface area contributed by atoms with Crippen molar-refractivity contribution in [1.82, 2.24) is 19.3 Å². The number of ether oxygens (including phenoxy) is 1. The molecule has 29 heavy (non-hydrogen) atoms. The highest BCUT2D eigenvalue weighted by molar-refractivity contribution is 5.68. The molecule has 0 aliphatic carbocycles. The minimum atomic E-state index is -0.489. The molecule has 1 aromatic heterocycles. The van der Waals surface area contributed by atoms with Crippen LogP contribution in [-0.4, -0.2) is 64.2 Å². The van der Waals surface area contributed by atoms with Crippen molar-refractivity contribution < 1.29 is 9.53 Å². The summed E-state index contributed by atoms with van der Waals surface area (Å²) in [6, 6.07) is 3.87. The van der Waals surface area contributed by atoms with Crippen molar-refractivity contribution in [2.24, 2.45) is 0 Å². The Morgan fingerprint density at radius 3 is 2.38 bits per heavy atom. The molecule has 0 aromatic carbocycles. The fourth-order valence-electron chi connectivity index (χ4n) is 3.32. The maximum absolute atomic E-state index is 12.3. The van der Waals surface area contributed by atoms with E-state index >= 15 is 0 Å². The summed E-state index contributed by atoms with van der Waals surface area (Å²) in [6.45, 7) is 16.2. The van der Waals surface area contributed by atoms with E-state index in [1.807, 2.05) is 63.7 Å². The van der Waals surface area contributed by atoms with Gasteiger partial charge in [-0.2, -0.15) is 0 Å². The van der Waals surface area contributed by atoms with Crippen molar-refractivity contribution in [3.63, 3.8) is 0 Å². The fraction of sp³-hybridized carbons (Fsp3) is 0.545. The summed E-state index contributed by atoms with van der Waals surface area (Å²) in [5.41, 5.74) is 1.05. The number of rotatable bonds is 5. The number of allylic oxidation sites excluding steroid dienone is 2. The Balaban J connectivity index is 2.10. The van der Waals surface area contributed by atoms with Crippen LogP contribution >= 0.6 is 0 Å². The predicted octanol–water partition coefficient (Wildman–Crippen LogP) is 3.31. The van der Waals surface area contributed by atoms with E-state index in [9.17, 15) is 4.79 Å². The summed E-state index contributed by atoms with van der Waals surface area (Å²) in [5, 5.41) is 8.29. The van der Waals surface area contributed by atoms with Gasteiger partial charge in [0.2, 0.25) is 0 Å². The molecule has 7 heteroatoms. The van der Waals surface area contributed by atoms with E-state index in [0.29, 0.717) is 31.7 Å². The van der Waals surface area contributed by atoms with Gasteiger partial charge in [0.25, 0.3) is 0 Å². The van der Waals surface area contributed by atoms with Gasteiger partial charge in [-0.1, -0.05) is 12.7 Å². The first kappa shape index (κ1) is 22.6. The van der Waals surface area contributed by atoms with Crippen molar-refractivity contribution in [3.8, 4) is 0 Å². The lowest BCUT2D eigenvalue weighted by Gasteiger charge is -2.42. The number of piperazine rings is 1. The van der Waals surface area contributed by atoms with Gasteiger partial charge in [0.1, 0.15) is 23.1 Å². The van der Waals surface area contributed by atoms with E-state index < -0.39 is 5.60 Å². The molecule has 1 atom stereocenters. The Morgan fingerprint density at radius 2 is 1.86 bits per heavy atom. The fourth-order valence-corrected chi connectivity index (χ4v) is 3.32. The van der Waals surface area contributed by atoms with Crippen molar-refractivity contribution in [1.29, 1.82) is 5.41 Å². The molecular formula is C22H35N5O2. The number of carbonyl (C=O) groups excluding carboxylic acids is 1. The van der Waals surface area contributed by atoms with Crippen LogP contribution in [0.15, 0.2) is 42.9 Å². The molecule has 2 heterocycles. The molecule has 1 aromatic rings. The Morgan fingerprint density at radius 1 is 1.28 bits per heavy atom. The average molecular weight is 402 g/mol. The van der Waals surface area contributed by atoms with Gasteiger partial charge in [-0.25, -0.2) is 4.79 Å². The van der Waals surface area contributed by atoms with Crippen LogP contribution in [0.2, 0.25) is 0 Å². The third kappa shape index (κ3) is 5.89. The van der Waals surface area contributed by atoms with Gasteiger partial charge in [-0.15, -0.1) is 0 Å². The smallest absolute Gasteiger partial charge is 0.410 e. The van der Waals surface area contributed by atoms with Crippen molar-refractivity contribution in [2.45, 2.75) is 46.4 Å². The maximum atomic E-state index is 12.3. The van der Waals surface area contributed by atoms with E-state index in [2.05, 4.69) is 23.3 Å².